The predicted octanol–water partition coefficient (Wildman–Crippen LogP) is 14.6. The number of benzene rings is 9. The first-order valence-electron chi connectivity index (χ1n) is 20.4. The van der Waals surface area contributed by atoms with Crippen molar-refractivity contribution in [2.45, 2.75) is 5.41 Å². The largest absolute Gasteiger partial charge is 0.342 e. The van der Waals surface area contributed by atoms with E-state index in [1.54, 1.807) is 0 Å². The lowest BCUT2D eigenvalue weighted by atomic mass is 9.70. The minimum Gasteiger partial charge on any atom is -0.342 e. The first kappa shape index (κ1) is 33.5. The zero-order valence-corrected chi connectivity index (χ0v) is 32.6. The molecule has 0 saturated heterocycles. The number of para-hydroxylation sites is 5. The van der Waals surface area contributed by atoms with E-state index in [1.165, 1.54) is 66.3 Å². The van der Waals surface area contributed by atoms with Gasteiger partial charge in [0.25, 0.3) is 0 Å². The fourth-order valence-corrected chi connectivity index (χ4v) is 10.4. The van der Waals surface area contributed by atoms with Gasteiger partial charge in [-0.3, -0.25) is 0 Å². The van der Waals surface area contributed by atoms with E-state index in [4.69, 9.17) is 0 Å². The molecule has 2 aliphatic rings. The van der Waals surface area contributed by atoms with Crippen molar-refractivity contribution in [1.29, 1.82) is 0 Å². The smallest absolute Gasteiger partial charge is 0.0733 e. The Morgan fingerprint density at radius 1 is 0.339 bits per heavy atom. The molecule has 10 aromatic rings. The minimum atomic E-state index is -0.545. The summed E-state index contributed by atoms with van der Waals surface area (Å²) in [5.41, 5.74) is 19.0. The first-order valence-corrected chi connectivity index (χ1v) is 20.4. The first-order chi connectivity index (χ1) is 29.2. The number of hydrogen-bond acceptors (Lipinski definition) is 2. The molecule has 0 amide bonds. The standard InChI is InChI=1S/C56H39N3/c1-57-53-30-16-13-26-47(53)48-27-17-31-54(55(48)57)59(40-22-9-4-10-23-40)42-33-35-46-44-25-12-15-29-50(44)56(52(46)37-42)49-28-14-11-24-43(49)45-34-32-41(36-51(45)56)58(38-18-5-2-6-19-38)39-20-7-3-8-21-39/h2-37H,1H3. The number of hydrogen-bond donors (Lipinski definition) is 0. The lowest BCUT2D eigenvalue weighted by molar-refractivity contribution is 0.793. The zero-order valence-electron chi connectivity index (χ0n) is 32.6. The second-order valence-electron chi connectivity index (χ2n) is 15.7. The highest BCUT2D eigenvalue weighted by atomic mass is 15.2. The average molecular weight is 754 g/mol. The predicted molar refractivity (Wildman–Crippen MR) is 246 cm³/mol. The lowest BCUT2D eigenvalue weighted by Gasteiger charge is -2.33. The number of anilines is 6. The summed E-state index contributed by atoms with van der Waals surface area (Å²) in [5, 5.41) is 2.51. The van der Waals surface area contributed by atoms with Crippen molar-refractivity contribution in [3.8, 4) is 22.3 Å². The molecule has 1 aromatic heterocycles. The summed E-state index contributed by atoms with van der Waals surface area (Å²) < 4.78 is 2.36. The molecule has 1 unspecified atom stereocenters. The van der Waals surface area contributed by atoms with Crippen molar-refractivity contribution in [3.63, 3.8) is 0 Å². The van der Waals surface area contributed by atoms with Crippen LogP contribution in [0.15, 0.2) is 218 Å². The molecule has 2 aliphatic carbocycles. The van der Waals surface area contributed by atoms with E-state index in [0.29, 0.717) is 0 Å². The third-order valence-corrected chi connectivity index (χ3v) is 12.8. The van der Waals surface area contributed by atoms with E-state index in [1.807, 2.05) is 0 Å². The van der Waals surface area contributed by atoms with Gasteiger partial charge in [-0.1, -0.05) is 146 Å². The molecule has 9 aromatic carbocycles. The molecule has 3 heteroatoms. The summed E-state index contributed by atoms with van der Waals surface area (Å²) in [7, 11) is 2.20. The fourth-order valence-electron chi connectivity index (χ4n) is 10.4. The van der Waals surface area contributed by atoms with Crippen LogP contribution in [-0.4, -0.2) is 4.57 Å². The SMILES string of the molecule is Cn1c2ccccc2c2cccc(N(c3ccccc3)c3ccc4c(c3)C3(c5ccccc5-c5ccc(N(c6ccccc6)c6ccccc6)cc53)c3ccccc3-4)c21. The molecule has 0 saturated carbocycles. The van der Waals surface area contributed by atoms with Gasteiger partial charge in [-0.25, -0.2) is 0 Å². The van der Waals surface area contributed by atoms with Gasteiger partial charge in [0.1, 0.15) is 0 Å². The number of fused-ring (bicyclic) bond motifs is 13. The maximum Gasteiger partial charge on any atom is 0.0733 e. The summed E-state index contributed by atoms with van der Waals surface area (Å²) in [6.45, 7) is 0. The normalized spacial score (nSPS) is 14.6. The van der Waals surface area contributed by atoms with Gasteiger partial charge in [-0.2, -0.15) is 0 Å². The van der Waals surface area contributed by atoms with Gasteiger partial charge in [0.2, 0.25) is 0 Å². The highest BCUT2D eigenvalue weighted by molar-refractivity contribution is 6.13. The van der Waals surface area contributed by atoms with Gasteiger partial charge in [-0.15, -0.1) is 0 Å². The Balaban J connectivity index is 1.14. The molecule has 12 rings (SSSR count). The van der Waals surface area contributed by atoms with Crippen molar-refractivity contribution in [2.75, 3.05) is 9.80 Å². The van der Waals surface area contributed by atoms with Crippen LogP contribution in [0.4, 0.5) is 34.1 Å². The second-order valence-corrected chi connectivity index (χ2v) is 15.7. The molecule has 3 nitrogen and oxygen atoms in total. The lowest BCUT2D eigenvalue weighted by Crippen LogP contribution is -2.26. The van der Waals surface area contributed by atoms with E-state index >= 15 is 0 Å². The van der Waals surface area contributed by atoms with Crippen LogP contribution in [0.5, 0.6) is 0 Å². The molecule has 0 N–H and O–H groups in total. The van der Waals surface area contributed by atoms with Crippen molar-refractivity contribution in [1.82, 2.24) is 4.57 Å². The summed E-state index contributed by atoms with van der Waals surface area (Å²) in [6, 6.07) is 80.3. The number of aryl methyl sites for hydroxylation is 1. The van der Waals surface area contributed by atoms with Gasteiger partial charge in [0, 0.05) is 51.8 Å². The monoisotopic (exact) mass is 753 g/mol. The van der Waals surface area contributed by atoms with Crippen LogP contribution in [0.1, 0.15) is 22.3 Å². The molecule has 278 valence electrons. The fraction of sp³-hybridized carbons (Fsp3) is 0.0357. The van der Waals surface area contributed by atoms with Crippen molar-refractivity contribution >= 4 is 55.9 Å². The van der Waals surface area contributed by atoms with Crippen molar-refractivity contribution < 1.29 is 0 Å². The maximum atomic E-state index is 2.49. The van der Waals surface area contributed by atoms with Crippen LogP contribution in [0, 0.1) is 0 Å². The number of rotatable bonds is 6. The summed E-state index contributed by atoms with van der Waals surface area (Å²) in [5.74, 6) is 0. The molecular weight excluding hydrogens is 715 g/mol. The molecular formula is C56H39N3. The quantitative estimate of drug-likeness (QED) is 0.168. The zero-order chi connectivity index (χ0) is 39.1. The third-order valence-electron chi connectivity index (χ3n) is 12.8. The van der Waals surface area contributed by atoms with Gasteiger partial charge in [0.05, 0.1) is 16.6 Å². The molecule has 59 heavy (non-hydrogen) atoms. The number of aromatic nitrogens is 1. The Kier molecular flexibility index (Phi) is 7.36. The van der Waals surface area contributed by atoms with Gasteiger partial charge in [-0.05, 0) is 117 Å². The van der Waals surface area contributed by atoms with E-state index < -0.39 is 5.41 Å². The van der Waals surface area contributed by atoms with Crippen LogP contribution in [0.3, 0.4) is 0 Å². The van der Waals surface area contributed by atoms with Crippen LogP contribution in [0.2, 0.25) is 0 Å². The summed E-state index contributed by atoms with van der Waals surface area (Å²) >= 11 is 0. The van der Waals surface area contributed by atoms with E-state index in [0.717, 1.165) is 34.1 Å². The van der Waals surface area contributed by atoms with Crippen molar-refractivity contribution in [3.05, 3.63) is 241 Å². The van der Waals surface area contributed by atoms with Crippen molar-refractivity contribution in [2.24, 2.45) is 7.05 Å². The molecule has 1 spiro atoms. The third kappa shape index (κ3) is 4.76. The maximum absolute atomic E-state index is 2.49. The Morgan fingerprint density at radius 2 is 0.780 bits per heavy atom. The molecule has 0 aliphatic heterocycles. The Hall–Kier alpha value is -7.62. The Labute approximate surface area is 344 Å². The van der Waals surface area contributed by atoms with Crippen LogP contribution < -0.4 is 9.80 Å². The van der Waals surface area contributed by atoms with Crippen LogP contribution in [0.25, 0.3) is 44.1 Å². The van der Waals surface area contributed by atoms with Crippen LogP contribution >= 0.6 is 0 Å². The van der Waals surface area contributed by atoms with E-state index in [2.05, 4.69) is 240 Å². The molecule has 0 radical (unpaired) electrons. The highest BCUT2D eigenvalue weighted by Gasteiger charge is 2.52. The number of nitrogens with zero attached hydrogens (tertiary/aromatic N) is 3. The Bertz CT molecular complexity index is 3190. The minimum absolute atomic E-state index is 0.545. The Morgan fingerprint density at radius 3 is 1.36 bits per heavy atom. The highest BCUT2D eigenvalue weighted by Crippen LogP contribution is 2.64. The topological polar surface area (TPSA) is 11.4 Å². The summed E-state index contributed by atoms with van der Waals surface area (Å²) in [4.78, 5) is 4.85. The molecule has 0 fully saturated rings. The molecule has 0 bridgehead atoms. The van der Waals surface area contributed by atoms with E-state index in [9.17, 15) is 0 Å². The molecule has 1 heterocycles. The average Bonchev–Trinajstić information content (AvgIpc) is 3.89. The van der Waals surface area contributed by atoms with Crippen LogP contribution in [-0.2, 0) is 12.5 Å². The van der Waals surface area contributed by atoms with Gasteiger partial charge < -0.3 is 14.4 Å². The second kappa shape index (κ2) is 13.0. The van der Waals surface area contributed by atoms with Gasteiger partial charge in [0.15, 0.2) is 0 Å². The molecule has 1 atom stereocenters. The van der Waals surface area contributed by atoms with E-state index in [-0.39, 0.29) is 0 Å². The summed E-state index contributed by atoms with van der Waals surface area (Å²) in [6.07, 6.45) is 0. The van der Waals surface area contributed by atoms with Gasteiger partial charge >= 0.3 is 0 Å².